The average Bonchev–Trinajstić information content (AvgIpc) is 2.62. The highest BCUT2D eigenvalue weighted by molar-refractivity contribution is 7.93. The maximum absolute atomic E-state index is 12.8. The van der Waals surface area contributed by atoms with Crippen LogP contribution in [0.5, 0.6) is 11.5 Å². The van der Waals surface area contributed by atoms with Crippen LogP contribution >= 0.6 is 0 Å². The van der Waals surface area contributed by atoms with Crippen molar-refractivity contribution in [3.05, 3.63) is 54.7 Å². The highest BCUT2D eigenvalue weighted by atomic mass is 32.2. The van der Waals surface area contributed by atoms with E-state index in [0.29, 0.717) is 34.7 Å². The van der Waals surface area contributed by atoms with Gasteiger partial charge in [-0.15, -0.1) is 0 Å². The van der Waals surface area contributed by atoms with Crippen molar-refractivity contribution in [2.45, 2.75) is 11.8 Å². The number of sulfonamides is 1. The zero-order valence-corrected chi connectivity index (χ0v) is 14.7. The number of fused-ring (bicyclic) bond motifs is 1. The average molecular weight is 358 g/mol. The van der Waals surface area contributed by atoms with E-state index in [1.54, 1.807) is 55.8 Å². The lowest BCUT2D eigenvalue weighted by molar-refractivity contribution is 0.343. The molecule has 7 heteroatoms. The Hall–Kier alpha value is -2.80. The molecule has 25 heavy (non-hydrogen) atoms. The molecule has 0 fully saturated rings. The number of aromatic nitrogens is 1. The molecule has 0 unspecified atom stereocenters. The summed E-state index contributed by atoms with van der Waals surface area (Å²) >= 11 is 0. The SMILES string of the molecule is CCOc1ccc(S(=O)(=O)Nc2ccc(OC)cc2)c2cccnc12. The highest BCUT2D eigenvalue weighted by Crippen LogP contribution is 2.30. The van der Waals surface area contributed by atoms with Gasteiger partial charge in [0, 0.05) is 17.3 Å². The molecule has 3 aromatic rings. The molecule has 0 saturated carbocycles. The number of pyridine rings is 1. The Kier molecular flexibility index (Phi) is 4.76. The van der Waals surface area contributed by atoms with Crippen LogP contribution in [0.4, 0.5) is 5.69 Å². The van der Waals surface area contributed by atoms with Crippen LogP contribution in [0.25, 0.3) is 10.9 Å². The third-order valence-electron chi connectivity index (χ3n) is 3.62. The van der Waals surface area contributed by atoms with Crippen molar-refractivity contribution < 1.29 is 17.9 Å². The topological polar surface area (TPSA) is 77.5 Å². The summed E-state index contributed by atoms with van der Waals surface area (Å²) in [4.78, 5) is 4.42. The maximum Gasteiger partial charge on any atom is 0.262 e. The minimum atomic E-state index is -3.78. The van der Waals surface area contributed by atoms with E-state index in [9.17, 15) is 8.42 Å². The lowest BCUT2D eigenvalue weighted by Crippen LogP contribution is -2.13. The quantitative estimate of drug-likeness (QED) is 0.730. The number of benzene rings is 2. The van der Waals surface area contributed by atoms with Crippen LogP contribution in [0.2, 0.25) is 0 Å². The van der Waals surface area contributed by atoms with Crippen LogP contribution < -0.4 is 14.2 Å². The summed E-state index contributed by atoms with van der Waals surface area (Å²) in [5, 5.41) is 0.509. The van der Waals surface area contributed by atoms with E-state index < -0.39 is 10.0 Å². The summed E-state index contributed by atoms with van der Waals surface area (Å²) in [7, 11) is -2.22. The monoisotopic (exact) mass is 358 g/mol. The molecule has 0 aliphatic heterocycles. The van der Waals surface area contributed by atoms with Gasteiger partial charge in [0.1, 0.15) is 17.0 Å². The highest BCUT2D eigenvalue weighted by Gasteiger charge is 2.20. The molecule has 0 aliphatic carbocycles. The van der Waals surface area contributed by atoms with E-state index >= 15 is 0 Å². The fourth-order valence-electron chi connectivity index (χ4n) is 2.50. The van der Waals surface area contributed by atoms with E-state index in [0.717, 1.165) is 0 Å². The number of methoxy groups -OCH3 is 1. The van der Waals surface area contributed by atoms with Crippen LogP contribution in [0.1, 0.15) is 6.92 Å². The third-order valence-corrected chi connectivity index (χ3v) is 5.06. The smallest absolute Gasteiger partial charge is 0.262 e. The molecule has 1 aromatic heterocycles. The first-order chi connectivity index (χ1) is 12.0. The Balaban J connectivity index is 2.03. The molecule has 0 spiro atoms. The number of hydrogen-bond donors (Lipinski definition) is 1. The fourth-order valence-corrected chi connectivity index (χ4v) is 3.75. The zero-order valence-electron chi connectivity index (χ0n) is 13.9. The van der Waals surface area contributed by atoms with Crippen LogP contribution in [0.3, 0.4) is 0 Å². The van der Waals surface area contributed by atoms with Crippen molar-refractivity contribution in [3.8, 4) is 11.5 Å². The van der Waals surface area contributed by atoms with Gasteiger partial charge in [0.25, 0.3) is 10.0 Å². The minimum absolute atomic E-state index is 0.148. The van der Waals surface area contributed by atoms with E-state index in [4.69, 9.17) is 9.47 Å². The first-order valence-electron chi connectivity index (χ1n) is 7.72. The molecule has 0 saturated heterocycles. The molecule has 0 amide bonds. The molecule has 0 atom stereocenters. The first-order valence-corrected chi connectivity index (χ1v) is 9.21. The van der Waals surface area contributed by atoms with Gasteiger partial charge in [-0.05, 0) is 55.5 Å². The normalized spacial score (nSPS) is 11.3. The number of ether oxygens (including phenoxy) is 2. The van der Waals surface area contributed by atoms with Crippen molar-refractivity contribution in [1.82, 2.24) is 4.98 Å². The molecule has 1 heterocycles. The molecule has 1 N–H and O–H groups in total. The summed E-state index contributed by atoms with van der Waals surface area (Å²) < 4.78 is 38.9. The van der Waals surface area contributed by atoms with E-state index in [2.05, 4.69) is 9.71 Å². The lowest BCUT2D eigenvalue weighted by atomic mass is 10.2. The van der Waals surface area contributed by atoms with Gasteiger partial charge >= 0.3 is 0 Å². The van der Waals surface area contributed by atoms with Gasteiger partial charge in [0.2, 0.25) is 0 Å². The van der Waals surface area contributed by atoms with Gasteiger partial charge < -0.3 is 9.47 Å². The number of nitrogens with zero attached hydrogens (tertiary/aromatic N) is 1. The lowest BCUT2D eigenvalue weighted by Gasteiger charge is -2.13. The van der Waals surface area contributed by atoms with Gasteiger partial charge in [-0.25, -0.2) is 8.42 Å². The molecular weight excluding hydrogens is 340 g/mol. The summed E-state index contributed by atoms with van der Waals surface area (Å²) in [6.45, 7) is 2.34. The van der Waals surface area contributed by atoms with Gasteiger partial charge in [-0.3, -0.25) is 9.71 Å². The fraction of sp³-hybridized carbons (Fsp3) is 0.167. The second-order valence-corrected chi connectivity index (χ2v) is 6.88. The van der Waals surface area contributed by atoms with Gasteiger partial charge in [-0.2, -0.15) is 0 Å². The number of nitrogens with one attached hydrogen (secondary N) is 1. The molecule has 130 valence electrons. The van der Waals surface area contributed by atoms with Crippen molar-refractivity contribution >= 4 is 26.6 Å². The molecular formula is C18H18N2O4S. The Labute approximate surface area is 146 Å². The number of rotatable bonds is 6. The third kappa shape index (κ3) is 3.51. The van der Waals surface area contributed by atoms with Crippen LogP contribution in [-0.4, -0.2) is 27.1 Å². The van der Waals surface area contributed by atoms with Crippen LogP contribution in [0, 0.1) is 0 Å². The van der Waals surface area contributed by atoms with Crippen molar-refractivity contribution in [2.75, 3.05) is 18.4 Å². The van der Waals surface area contributed by atoms with Gasteiger partial charge in [0.05, 0.1) is 18.6 Å². The van der Waals surface area contributed by atoms with Crippen LogP contribution in [-0.2, 0) is 10.0 Å². The molecule has 0 bridgehead atoms. The summed E-state index contributed by atoms with van der Waals surface area (Å²) in [5.41, 5.74) is 0.966. The maximum atomic E-state index is 12.8. The Bertz CT molecular complexity index is 986. The van der Waals surface area contributed by atoms with Gasteiger partial charge in [0.15, 0.2) is 0 Å². The molecule has 3 rings (SSSR count). The zero-order chi connectivity index (χ0) is 17.9. The van der Waals surface area contributed by atoms with E-state index in [-0.39, 0.29) is 4.90 Å². The minimum Gasteiger partial charge on any atom is -0.497 e. The molecule has 6 nitrogen and oxygen atoms in total. The summed E-state index contributed by atoms with van der Waals surface area (Å²) in [6, 6.07) is 13.2. The molecule has 0 radical (unpaired) electrons. The standard InChI is InChI=1S/C18H18N2O4S/c1-3-24-16-10-11-17(15-5-4-12-19-18(15)16)25(21,22)20-13-6-8-14(23-2)9-7-13/h4-12,20H,3H2,1-2H3. The Morgan fingerprint density at radius 1 is 1.08 bits per heavy atom. The predicted molar refractivity (Wildman–Crippen MR) is 96.7 cm³/mol. The number of hydrogen-bond acceptors (Lipinski definition) is 5. The Morgan fingerprint density at radius 2 is 1.84 bits per heavy atom. The largest absolute Gasteiger partial charge is 0.497 e. The van der Waals surface area contributed by atoms with E-state index in [1.807, 2.05) is 6.92 Å². The Morgan fingerprint density at radius 3 is 2.52 bits per heavy atom. The van der Waals surface area contributed by atoms with E-state index in [1.165, 1.54) is 6.07 Å². The first kappa shape index (κ1) is 17.0. The second kappa shape index (κ2) is 6.98. The van der Waals surface area contributed by atoms with Crippen molar-refractivity contribution in [1.29, 1.82) is 0 Å². The summed E-state index contributed by atoms with van der Waals surface area (Å²) in [5.74, 6) is 1.21. The van der Waals surface area contributed by atoms with Crippen molar-refractivity contribution in [2.24, 2.45) is 0 Å². The van der Waals surface area contributed by atoms with Crippen molar-refractivity contribution in [3.63, 3.8) is 0 Å². The molecule has 2 aromatic carbocycles. The van der Waals surface area contributed by atoms with Crippen LogP contribution in [0.15, 0.2) is 59.6 Å². The summed E-state index contributed by atoms with van der Waals surface area (Å²) in [6.07, 6.45) is 1.61. The van der Waals surface area contributed by atoms with Gasteiger partial charge in [-0.1, -0.05) is 0 Å². The number of anilines is 1. The second-order valence-electron chi connectivity index (χ2n) is 5.23. The molecule has 0 aliphatic rings. The predicted octanol–water partition coefficient (Wildman–Crippen LogP) is 3.44.